The molecule has 0 unspecified atom stereocenters. The first-order chi connectivity index (χ1) is 11.1. The van der Waals surface area contributed by atoms with Gasteiger partial charge in [0.25, 0.3) is 0 Å². The van der Waals surface area contributed by atoms with Crippen molar-refractivity contribution in [1.29, 1.82) is 0 Å². The number of nitrogens with two attached hydrogens (primary N) is 1. The Morgan fingerprint density at radius 2 is 1.96 bits per heavy atom. The number of nitrogen functional groups attached to an aromatic ring is 1. The van der Waals surface area contributed by atoms with Gasteiger partial charge in [-0.05, 0) is 66.0 Å². The Bertz CT molecular complexity index is 700. The maximum Gasteiger partial charge on any atom is 0.169 e. The molecule has 1 heterocycles. The van der Waals surface area contributed by atoms with E-state index in [4.69, 9.17) is 29.6 Å². The fourth-order valence-electron chi connectivity index (χ4n) is 2.82. The third kappa shape index (κ3) is 4.15. The van der Waals surface area contributed by atoms with E-state index >= 15 is 0 Å². The second-order valence-electron chi connectivity index (χ2n) is 5.81. The Morgan fingerprint density at radius 1 is 1.17 bits per heavy atom. The van der Waals surface area contributed by atoms with Gasteiger partial charge in [-0.1, -0.05) is 29.8 Å². The Kier molecular flexibility index (Phi) is 5.03. The molecule has 1 aliphatic heterocycles. The first-order valence-corrected chi connectivity index (χ1v) is 8.55. The standard InChI is InChI=1S/C18H20ClN3S/c19-16-4-1-13(2-5-16)7-9-21-18(23)22-10-8-14-11-17(20)6-3-15(14)12-22/h1-6,11H,7-10,12,20H2,(H,21,23). The van der Waals surface area contributed by atoms with Crippen LogP contribution in [-0.4, -0.2) is 23.1 Å². The van der Waals surface area contributed by atoms with E-state index in [2.05, 4.69) is 34.5 Å². The van der Waals surface area contributed by atoms with Crippen molar-refractivity contribution in [3.05, 3.63) is 64.2 Å². The average Bonchev–Trinajstić information content (AvgIpc) is 2.56. The van der Waals surface area contributed by atoms with Gasteiger partial charge >= 0.3 is 0 Å². The molecule has 23 heavy (non-hydrogen) atoms. The van der Waals surface area contributed by atoms with Crippen molar-refractivity contribution in [3.8, 4) is 0 Å². The second kappa shape index (κ2) is 7.20. The van der Waals surface area contributed by atoms with E-state index in [-0.39, 0.29) is 0 Å². The number of rotatable bonds is 3. The Hall–Kier alpha value is -1.78. The zero-order chi connectivity index (χ0) is 16.2. The highest BCUT2D eigenvalue weighted by atomic mass is 35.5. The van der Waals surface area contributed by atoms with Gasteiger partial charge in [0, 0.05) is 30.3 Å². The SMILES string of the molecule is Nc1ccc2c(c1)CCN(C(=S)NCCc1ccc(Cl)cc1)C2. The van der Waals surface area contributed by atoms with Crippen LogP contribution in [0.5, 0.6) is 0 Å². The summed E-state index contributed by atoms with van der Waals surface area (Å²) in [7, 11) is 0. The summed E-state index contributed by atoms with van der Waals surface area (Å²) < 4.78 is 0. The largest absolute Gasteiger partial charge is 0.399 e. The number of anilines is 1. The van der Waals surface area contributed by atoms with Crippen molar-refractivity contribution >= 4 is 34.6 Å². The van der Waals surface area contributed by atoms with Gasteiger partial charge < -0.3 is 16.0 Å². The second-order valence-corrected chi connectivity index (χ2v) is 6.63. The first kappa shape index (κ1) is 16.1. The fraction of sp³-hybridized carbons (Fsp3) is 0.278. The molecule has 1 aliphatic rings. The third-order valence-corrected chi connectivity index (χ3v) is 4.79. The van der Waals surface area contributed by atoms with E-state index in [1.165, 1.54) is 16.7 Å². The van der Waals surface area contributed by atoms with Crippen molar-refractivity contribution in [1.82, 2.24) is 10.2 Å². The first-order valence-electron chi connectivity index (χ1n) is 7.76. The molecule has 0 saturated carbocycles. The molecule has 0 aromatic heterocycles. The molecule has 0 bridgehead atoms. The molecule has 5 heteroatoms. The lowest BCUT2D eigenvalue weighted by molar-refractivity contribution is 0.387. The summed E-state index contributed by atoms with van der Waals surface area (Å²) in [6, 6.07) is 14.1. The van der Waals surface area contributed by atoms with Crippen LogP contribution in [0.2, 0.25) is 5.02 Å². The van der Waals surface area contributed by atoms with Gasteiger partial charge in [0.1, 0.15) is 0 Å². The average molecular weight is 346 g/mol. The number of benzene rings is 2. The molecule has 0 spiro atoms. The molecule has 2 aromatic carbocycles. The summed E-state index contributed by atoms with van der Waals surface area (Å²) in [5.74, 6) is 0. The van der Waals surface area contributed by atoms with Crippen LogP contribution in [0, 0.1) is 0 Å². The van der Waals surface area contributed by atoms with E-state index in [1.807, 2.05) is 18.2 Å². The molecule has 0 saturated heterocycles. The summed E-state index contributed by atoms with van der Waals surface area (Å²) in [5.41, 5.74) is 10.6. The molecular weight excluding hydrogens is 326 g/mol. The van der Waals surface area contributed by atoms with Crippen LogP contribution in [0.4, 0.5) is 5.69 Å². The van der Waals surface area contributed by atoms with Crippen LogP contribution in [-0.2, 0) is 19.4 Å². The highest BCUT2D eigenvalue weighted by molar-refractivity contribution is 7.80. The minimum atomic E-state index is 0.768. The highest BCUT2D eigenvalue weighted by Crippen LogP contribution is 2.21. The zero-order valence-electron chi connectivity index (χ0n) is 12.9. The maximum absolute atomic E-state index is 5.90. The van der Waals surface area contributed by atoms with Crippen LogP contribution in [0.3, 0.4) is 0 Å². The monoisotopic (exact) mass is 345 g/mol. The number of nitrogens with one attached hydrogen (secondary N) is 1. The number of hydrogen-bond acceptors (Lipinski definition) is 2. The number of thiocarbonyl (C=S) groups is 1. The van der Waals surface area contributed by atoms with Gasteiger partial charge in [-0.3, -0.25) is 0 Å². The molecule has 3 N–H and O–H groups in total. The van der Waals surface area contributed by atoms with Crippen molar-refractivity contribution in [2.24, 2.45) is 0 Å². The van der Waals surface area contributed by atoms with E-state index in [9.17, 15) is 0 Å². The molecule has 2 aromatic rings. The number of hydrogen-bond donors (Lipinski definition) is 2. The van der Waals surface area contributed by atoms with Crippen LogP contribution in [0.1, 0.15) is 16.7 Å². The van der Waals surface area contributed by atoms with E-state index in [0.29, 0.717) is 0 Å². The fourth-order valence-corrected chi connectivity index (χ4v) is 3.21. The molecular formula is C18H20ClN3S. The highest BCUT2D eigenvalue weighted by Gasteiger charge is 2.18. The van der Waals surface area contributed by atoms with Crippen LogP contribution >= 0.6 is 23.8 Å². The van der Waals surface area contributed by atoms with Gasteiger partial charge in [-0.25, -0.2) is 0 Å². The van der Waals surface area contributed by atoms with Gasteiger partial charge in [-0.15, -0.1) is 0 Å². The minimum Gasteiger partial charge on any atom is -0.399 e. The van der Waals surface area contributed by atoms with Crippen molar-refractivity contribution in [2.75, 3.05) is 18.8 Å². The normalized spacial score (nSPS) is 13.5. The number of halogens is 1. The van der Waals surface area contributed by atoms with Gasteiger partial charge in [-0.2, -0.15) is 0 Å². The summed E-state index contributed by atoms with van der Waals surface area (Å²) in [5, 5.41) is 4.95. The van der Waals surface area contributed by atoms with E-state index < -0.39 is 0 Å². The van der Waals surface area contributed by atoms with Gasteiger partial charge in [0.05, 0.1) is 0 Å². The molecule has 0 amide bonds. The molecule has 3 nitrogen and oxygen atoms in total. The lowest BCUT2D eigenvalue weighted by Crippen LogP contribution is -2.43. The smallest absolute Gasteiger partial charge is 0.169 e. The Morgan fingerprint density at radius 3 is 2.74 bits per heavy atom. The van der Waals surface area contributed by atoms with Gasteiger partial charge in [0.2, 0.25) is 0 Å². The topological polar surface area (TPSA) is 41.3 Å². The molecule has 120 valence electrons. The van der Waals surface area contributed by atoms with Crippen LogP contribution < -0.4 is 11.1 Å². The van der Waals surface area contributed by atoms with Crippen molar-refractivity contribution in [3.63, 3.8) is 0 Å². The molecule has 0 fully saturated rings. The van der Waals surface area contributed by atoms with Crippen LogP contribution in [0.15, 0.2) is 42.5 Å². The minimum absolute atomic E-state index is 0.768. The lowest BCUT2D eigenvalue weighted by atomic mass is 9.99. The predicted molar refractivity (Wildman–Crippen MR) is 101 cm³/mol. The number of nitrogens with zero attached hydrogens (tertiary/aromatic N) is 1. The van der Waals surface area contributed by atoms with Crippen molar-refractivity contribution < 1.29 is 0 Å². The Labute approximate surface area is 147 Å². The summed E-state index contributed by atoms with van der Waals surface area (Å²) in [6.45, 7) is 2.61. The van der Waals surface area contributed by atoms with E-state index in [0.717, 1.165) is 48.3 Å². The van der Waals surface area contributed by atoms with Gasteiger partial charge in [0.15, 0.2) is 5.11 Å². The maximum atomic E-state index is 5.90. The Balaban J connectivity index is 1.51. The molecule has 0 atom stereocenters. The zero-order valence-corrected chi connectivity index (χ0v) is 14.5. The van der Waals surface area contributed by atoms with Crippen LogP contribution in [0.25, 0.3) is 0 Å². The van der Waals surface area contributed by atoms with E-state index in [1.54, 1.807) is 0 Å². The molecule has 0 aliphatic carbocycles. The molecule has 0 radical (unpaired) electrons. The third-order valence-electron chi connectivity index (χ3n) is 4.13. The predicted octanol–water partition coefficient (Wildman–Crippen LogP) is 3.40. The van der Waals surface area contributed by atoms with Crippen molar-refractivity contribution in [2.45, 2.75) is 19.4 Å². The quantitative estimate of drug-likeness (QED) is 0.661. The summed E-state index contributed by atoms with van der Waals surface area (Å²) in [6.07, 6.45) is 1.91. The molecule has 3 rings (SSSR count). The number of fused-ring (bicyclic) bond motifs is 1. The summed E-state index contributed by atoms with van der Waals surface area (Å²) >= 11 is 11.4. The summed E-state index contributed by atoms with van der Waals surface area (Å²) in [4.78, 5) is 2.22. The lowest BCUT2D eigenvalue weighted by Gasteiger charge is -2.31.